The van der Waals surface area contributed by atoms with Gasteiger partial charge in [0, 0.05) is 18.1 Å². The summed E-state index contributed by atoms with van der Waals surface area (Å²) in [5.41, 5.74) is 2.68. The normalized spacial score (nSPS) is 11.7. The second kappa shape index (κ2) is 10.7. The van der Waals surface area contributed by atoms with E-state index in [0.29, 0.717) is 5.02 Å². The molecule has 2 aromatic rings. The maximum Gasteiger partial charge on any atom is 0.309 e. The van der Waals surface area contributed by atoms with E-state index >= 15 is 0 Å². The summed E-state index contributed by atoms with van der Waals surface area (Å²) in [6.07, 6.45) is -0.460. The summed E-state index contributed by atoms with van der Waals surface area (Å²) in [7, 11) is 0. The Bertz CT molecular complexity index is 765. The van der Waals surface area contributed by atoms with E-state index in [1.54, 1.807) is 24.3 Å². The van der Waals surface area contributed by atoms with Gasteiger partial charge in [-0.05, 0) is 24.1 Å². The quantitative estimate of drug-likeness (QED) is 0.602. The molecule has 1 atom stereocenters. The molecule has 0 heterocycles. The maximum absolute atomic E-state index is 12.1. The molecule has 144 valence electrons. The van der Waals surface area contributed by atoms with Gasteiger partial charge in [0.25, 0.3) is 0 Å². The maximum atomic E-state index is 12.1. The van der Waals surface area contributed by atoms with Crippen LogP contribution < -0.4 is 10.6 Å². The molecular weight excluding hydrogens is 368 g/mol. The van der Waals surface area contributed by atoms with Crippen molar-refractivity contribution in [3.63, 3.8) is 0 Å². The monoisotopic (exact) mass is 390 g/mol. The molecule has 0 aliphatic rings. The van der Waals surface area contributed by atoms with Crippen molar-refractivity contribution >= 4 is 23.4 Å². The van der Waals surface area contributed by atoms with Crippen LogP contribution in [0.25, 0.3) is 0 Å². The predicted octanol–water partition coefficient (Wildman–Crippen LogP) is 2.13. The molecule has 27 heavy (non-hydrogen) atoms. The number of aliphatic hydroxyl groups excluding tert-OH is 1. The topological polar surface area (TPSA) is 87.7 Å². The number of rotatable bonds is 8. The van der Waals surface area contributed by atoms with Crippen LogP contribution >= 0.6 is 11.6 Å². The van der Waals surface area contributed by atoms with Crippen molar-refractivity contribution in [2.75, 3.05) is 19.8 Å². The van der Waals surface area contributed by atoms with E-state index in [2.05, 4.69) is 10.6 Å². The molecule has 0 aromatic heterocycles. The third kappa shape index (κ3) is 6.67. The number of nitrogens with one attached hydrogen (secondary N) is 2. The van der Waals surface area contributed by atoms with Gasteiger partial charge in [-0.15, -0.1) is 0 Å². The van der Waals surface area contributed by atoms with Gasteiger partial charge >= 0.3 is 11.8 Å². The highest BCUT2D eigenvalue weighted by molar-refractivity contribution is 6.35. The minimum Gasteiger partial charge on any atom is -0.394 e. The highest BCUT2D eigenvalue weighted by Crippen LogP contribution is 2.17. The molecule has 0 radical (unpaired) electrons. The van der Waals surface area contributed by atoms with Gasteiger partial charge in [0.1, 0.15) is 0 Å². The molecule has 0 spiro atoms. The zero-order chi connectivity index (χ0) is 19.6. The lowest BCUT2D eigenvalue weighted by molar-refractivity contribution is -0.139. The van der Waals surface area contributed by atoms with Crippen molar-refractivity contribution < 1.29 is 19.4 Å². The first-order valence-electron chi connectivity index (χ1n) is 8.59. The molecular formula is C20H23ClN2O4. The molecule has 3 N–H and O–H groups in total. The summed E-state index contributed by atoms with van der Waals surface area (Å²) in [6, 6.07) is 14.7. The average molecular weight is 391 g/mol. The zero-order valence-electron chi connectivity index (χ0n) is 15.1. The van der Waals surface area contributed by atoms with Crippen LogP contribution in [0.15, 0.2) is 48.5 Å². The Labute approximate surface area is 163 Å². The zero-order valence-corrected chi connectivity index (χ0v) is 15.8. The molecule has 0 saturated heterocycles. The van der Waals surface area contributed by atoms with Crippen molar-refractivity contribution in [2.24, 2.45) is 0 Å². The Morgan fingerprint density at radius 3 is 2.41 bits per heavy atom. The number of amides is 2. The van der Waals surface area contributed by atoms with Crippen LogP contribution in [-0.4, -0.2) is 36.7 Å². The largest absolute Gasteiger partial charge is 0.394 e. The lowest BCUT2D eigenvalue weighted by atomic mass is 10.1. The number of halogens is 1. The summed E-state index contributed by atoms with van der Waals surface area (Å²) in [5.74, 6) is -1.51. The fraction of sp³-hybridized carbons (Fsp3) is 0.300. The number of hydrogen-bond acceptors (Lipinski definition) is 4. The summed E-state index contributed by atoms with van der Waals surface area (Å²) in [5, 5.41) is 14.6. The van der Waals surface area contributed by atoms with E-state index in [0.717, 1.165) is 16.7 Å². The van der Waals surface area contributed by atoms with Crippen molar-refractivity contribution in [1.29, 1.82) is 0 Å². The number of carbonyl (C=O) groups is 2. The van der Waals surface area contributed by atoms with Gasteiger partial charge < -0.3 is 20.5 Å². The summed E-state index contributed by atoms with van der Waals surface area (Å²) < 4.78 is 5.58. The molecule has 2 aromatic carbocycles. The number of carbonyl (C=O) groups excluding carboxylic acids is 2. The number of hydrogen-bond donors (Lipinski definition) is 3. The standard InChI is InChI=1S/C20H23ClN2O4/c1-14-6-8-15(9-7-14)18(27-11-10-24)13-23-20(26)19(25)22-12-16-4-2-3-5-17(16)21/h2-9,18,24H,10-13H2,1H3,(H,22,25)(H,23,26). The molecule has 2 rings (SSSR count). The van der Waals surface area contributed by atoms with Gasteiger partial charge in [0.05, 0.1) is 19.3 Å². The Morgan fingerprint density at radius 1 is 1.07 bits per heavy atom. The Balaban J connectivity index is 1.89. The van der Waals surface area contributed by atoms with Gasteiger partial charge in [-0.3, -0.25) is 9.59 Å². The minimum absolute atomic E-state index is 0.113. The van der Waals surface area contributed by atoms with E-state index in [1.807, 2.05) is 31.2 Å². The Morgan fingerprint density at radius 2 is 1.74 bits per heavy atom. The molecule has 0 bridgehead atoms. The molecule has 2 amide bonds. The smallest absolute Gasteiger partial charge is 0.309 e. The van der Waals surface area contributed by atoms with Gasteiger partial charge in [-0.2, -0.15) is 0 Å². The van der Waals surface area contributed by atoms with E-state index in [4.69, 9.17) is 21.4 Å². The highest BCUT2D eigenvalue weighted by Gasteiger charge is 2.18. The first-order chi connectivity index (χ1) is 13.0. The van der Waals surface area contributed by atoms with Crippen molar-refractivity contribution in [3.8, 4) is 0 Å². The molecule has 0 aliphatic carbocycles. The summed E-state index contributed by atoms with van der Waals surface area (Å²) >= 11 is 6.03. The van der Waals surface area contributed by atoms with Crippen molar-refractivity contribution in [2.45, 2.75) is 19.6 Å². The van der Waals surface area contributed by atoms with E-state index < -0.39 is 17.9 Å². The third-order valence-corrected chi connectivity index (χ3v) is 4.28. The molecule has 0 saturated carbocycles. The van der Waals surface area contributed by atoms with Crippen molar-refractivity contribution in [1.82, 2.24) is 10.6 Å². The summed E-state index contributed by atoms with van der Waals surface area (Å²) in [6.45, 7) is 2.25. The lowest BCUT2D eigenvalue weighted by Gasteiger charge is -2.18. The predicted molar refractivity (Wildman–Crippen MR) is 103 cm³/mol. The van der Waals surface area contributed by atoms with Crippen LogP contribution in [0.4, 0.5) is 0 Å². The second-order valence-electron chi connectivity index (χ2n) is 5.98. The number of benzene rings is 2. The first kappa shape index (κ1) is 20.9. The fourth-order valence-electron chi connectivity index (χ4n) is 2.41. The van der Waals surface area contributed by atoms with Gasteiger partial charge in [0.2, 0.25) is 0 Å². The number of ether oxygens (including phenoxy) is 1. The number of aliphatic hydroxyl groups is 1. The first-order valence-corrected chi connectivity index (χ1v) is 8.97. The van der Waals surface area contributed by atoms with Crippen LogP contribution in [0, 0.1) is 6.92 Å². The molecule has 0 aliphatic heterocycles. The van der Waals surface area contributed by atoms with Crippen molar-refractivity contribution in [3.05, 3.63) is 70.2 Å². The Hall–Kier alpha value is -2.41. The fourth-order valence-corrected chi connectivity index (χ4v) is 2.61. The van der Waals surface area contributed by atoms with Gasteiger partial charge in [-0.1, -0.05) is 59.6 Å². The molecule has 0 fully saturated rings. The van der Waals surface area contributed by atoms with Crippen LogP contribution in [0.2, 0.25) is 5.02 Å². The highest BCUT2D eigenvalue weighted by atomic mass is 35.5. The van der Waals surface area contributed by atoms with E-state index in [-0.39, 0.29) is 26.3 Å². The third-order valence-electron chi connectivity index (χ3n) is 3.91. The molecule has 7 heteroatoms. The number of aryl methyl sites for hydroxylation is 1. The lowest BCUT2D eigenvalue weighted by Crippen LogP contribution is -2.41. The van der Waals surface area contributed by atoms with Crippen LogP contribution in [0.3, 0.4) is 0 Å². The Kier molecular flexibility index (Phi) is 8.26. The minimum atomic E-state index is -0.758. The van der Waals surface area contributed by atoms with Crippen LogP contribution in [-0.2, 0) is 20.9 Å². The van der Waals surface area contributed by atoms with Gasteiger partial charge in [0.15, 0.2) is 0 Å². The molecule has 1 unspecified atom stereocenters. The molecule has 6 nitrogen and oxygen atoms in total. The second-order valence-corrected chi connectivity index (χ2v) is 6.39. The SMILES string of the molecule is Cc1ccc(C(CNC(=O)C(=O)NCc2ccccc2Cl)OCCO)cc1. The van der Waals surface area contributed by atoms with E-state index in [1.165, 1.54) is 0 Å². The average Bonchev–Trinajstić information content (AvgIpc) is 2.68. The summed E-state index contributed by atoms with van der Waals surface area (Å²) in [4.78, 5) is 24.0. The van der Waals surface area contributed by atoms with E-state index in [9.17, 15) is 9.59 Å². The van der Waals surface area contributed by atoms with Crippen LogP contribution in [0.5, 0.6) is 0 Å². The van der Waals surface area contributed by atoms with Gasteiger partial charge in [-0.25, -0.2) is 0 Å². The van der Waals surface area contributed by atoms with Crippen LogP contribution in [0.1, 0.15) is 22.8 Å².